The molecule has 1 amide bonds. The lowest BCUT2D eigenvalue weighted by Crippen LogP contribution is -2.16. The first kappa shape index (κ1) is 28.1. The number of hydrogen-bond acceptors (Lipinski definition) is 5. The fourth-order valence-corrected chi connectivity index (χ4v) is 3.78. The highest BCUT2D eigenvalue weighted by molar-refractivity contribution is 6.11. The maximum Gasteiger partial charge on any atom is 0.338 e. The van der Waals surface area contributed by atoms with Crippen molar-refractivity contribution in [2.24, 2.45) is 0 Å². The molecule has 0 spiro atoms. The molecule has 35 heavy (non-hydrogen) atoms. The smallest absolute Gasteiger partial charge is 0.338 e. The molecule has 2 aromatic rings. The molecule has 0 radical (unpaired) electrons. The van der Waals surface area contributed by atoms with Crippen LogP contribution in [0.15, 0.2) is 48.5 Å². The summed E-state index contributed by atoms with van der Waals surface area (Å²) in [6.45, 7) is 2.65. The number of amides is 1. The zero-order valence-electron chi connectivity index (χ0n) is 21.1. The largest absolute Gasteiger partial charge is 0.497 e. The molecule has 0 atom stereocenters. The Morgan fingerprint density at radius 1 is 0.771 bits per heavy atom. The maximum atomic E-state index is 12.3. The molecule has 190 valence electrons. The van der Waals surface area contributed by atoms with E-state index in [1.165, 1.54) is 58.5 Å². The number of nitrogens with one attached hydrogen (secondary N) is 1. The Morgan fingerprint density at radius 3 is 2.03 bits per heavy atom. The Kier molecular flexibility index (Phi) is 13.2. The molecule has 0 heterocycles. The second kappa shape index (κ2) is 16.5. The Bertz CT molecular complexity index is 923. The predicted octanol–water partition coefficient (Wildman–Crippen LogP) is 6.98. The van der Waals surface area contributed by atoms with Gasteiger partial charge in [-0.05, 0) is 42.8 Å². The first-order chi connectivity index (χ1) is 17.0. The molecule has 0 saturated heterocycles. The number of methoxy groups -OCH3 is 1. The van der Waals surface area contributed by atoms with Gasteiger partial charge in [-0.1, -0.05) is 76.8 Å². The summed E-state index contributed by atoms with van der Waals surface area (Å²) in [4.78, 5) is 36.8. The van der Waals surface area contributed by atoms with Crippen molar-refractivity contribution in [2.45, 2.75) is 77.6 Å². The molecule has 0 fully saturated rings. The van der Waals surface area contributed by atoms with Crippen molar-refractivity contribution >= 4 is 23.3 Å². The minimum Gasteiger partial charge on any atom is -0.497 e. The van der Waals surface area contributed by atoms with Crippen molar-refractivity contribution in [3.8, 4) is 5.75 Å². The van der Waals surface area contributed by atoms with E-state index in [1.807, 2.05) is 0 Å². The lowest BCUT2D eigenvalue weighted by atomic mass is 10.1. The zero-order valence-corrected chi connectivity index (χ0v) is 21.1. The van der Waals surface area contributed by atoms with Crippen molar-refractivity contribution in [1.82, 2.24) is 0 Å². The van der Waals surface area contributed by atoms with E-state index in [1.54, 1.807) is 48.5 Å². The van der Waals surface area contributed by atoms with Crippen LogP contribution in [0.3, 0.4) is 0 Å². The number of carbonyl (C=O) groups excluding carboxylic acids is 3. The Labute approximate surface area is 209 Å². The van der Waals surface area contributed by atoms with E-state index in [0.717, 1.165) is 12.8 Å². The molecule has 0 unspecified atom stereocenters. The van der Waals surface area contributed by atoms with Gasteiger partial charge in [0.2, 0.25) is 5.91 Å². The summed E-state index contributed by atoms with van der Waals surface area (Å²) in [5.41, 5.74) is 1.36. The second-order valence-corrected chi connectivity index (χ2v) is 8.78. The standard InChI is InChI=1S/C29H39NO5/c1-3-4-5-6-7-8-9-10-11-12-20-35-29(33)23-16-18-25(19-17-23)30-28(32)22-27(31)24-14-13-15-26(21-24)34-2/h13-19,21H,3-12,20,22H2,1-2H3,(H,30,32). The highest BCUT2D eigenvalue weighted by atomic mass is 16.5. The van der Waals surface area contributed by atoms with Crippen LogP contribution >= 0.6 is 0 Å². The van der Waals surface area contributed by atoms with Crippen molar-refractivity contribution in [2.75, 3.05) is 19.0 Å². The third-order valence-electron chi connectivity index (χ3n) is 5.85. The van der Waals surface area contributed by atoms with E-state index in [9.17, 15) is 14.4 Å². The minimum atomic E-state index is -0.422. The van der Waals surface area contributed by atoms with E-state index in [2.05, 4.69) is 12.2 Å². The first-order valence-corrected chi connectivity index (χ1v) is 12.8. The van der Waals surface area contributed by atoms with Crippen molar-refractivity contribution in [3.63, 3.8) is 0 Å². The summed E-state index contributed by atoms with van der Waals surface area (Å²) in [6, 6.07) is 13.2. The van der Waals surface area contributed by atoms with Gasteiger partial charge in [0.1, 0.15) is 5.75 Å². The average Bonchev–Trinajstić information content (AvgIpc) is 2.87. The van der Waals surface area contributed by atoms with Crippen LogP contribution in [0.5, 0.6) is 5.75 Å². The number of hydrogen-bond donors (Lipinski definition) is 1. The predicted molar refractivity (Wildman–Crippen MR) is 139 cm³/mol. The lowest BCUT2D eigenvalue weighted by Gasteiger charge is -2.08. The van der Waals surface area contributed by atoms with E-state index in [0.29, 0.717) is 29.2 Å². The SMILES string of the molecule is CCCCCCCCCCCCOC(=O)c1ccc(NC(=O)CC(=O)c2cccc(OC)c2)cc1. The molecule has 2 aromatic carbocycles. The molecule has 6 nitrogen and oxygen atoms in total. The summed E-state index contributed by atoms with van der Waals surface area (Å²) in [5.74, 6) is -0.526. The summed E-state index contributed by atoms with van der Waals surface area (Å²) >= 11 is 0. The lowest BCUT2D eigenvalue weighted by molar-refractivity contribution is -0.115. The van der Waals surface area contributed by atoms with Crippen LogP contribution in [0.1, 0.15) is 98.3 Å². The molecular weight excluding hydrogens is 442 g/mol. The van der Waals surface area contributed by atoms with E-state index in [-0.39, 0.29) is 18.2 Å². The van der Waals surface area contributed by atoms with Crippen LogP contribution in [0.4, 0.5) is 5.69 Å². The number of rotatable bonds is 17. The Hall–Kier alpha value is -3.15. The van der Waals surface area contributed by atoms with Gasteiger partial charge in [0.05, 0.1) is 25.7 Å². The molecular formula is C29H39NO5. The number of ketones is 1. The number of Topliss-reactive ketones (excluding diaryl/α,β-unsaturated/α-hetero) is 1. The van der Waals surface area contributed by atoms with Crippen molar-refractivity contribution < 1.29 is 23.9 Å². The molecule has 0 aromatic heterocycles. The van der Waals surface area contributed by atoms with Crippen LogP contribution in [0.2, 0.25) is 0 Å². The van der Waals surface area contributed by atoms with Crippen molar-refractivity contribution in [3.05, 3.63) is 59.7 Å². The molecule has 0 aliphatic rings. The minimum absolute atomic E-state index is 0.282. The van der Waals surface area contributed by atoms with Crippen LogP contribution in [-0.2, 0) is 9.53 Å². The number of carbonyl (C=O) groups is 3. The third kappa shape index (κ3) is 11.2. The number of anilines is 1. The molecule has 1 N–H and O–H groups in total. The fourth-order valence-electron chi connectivity index (χ4n) is 3.78. The first-order valence-electron chi connectivity index (χ1n) is 12.8. The molecule has 2 rings (SSSR count). The molecule has 0 aliphatic carbocycles. The Morgan fingerprint density at radius 2 is 1.40 bits per heavy atom. The van der Waals surface area contributed by atoms with Crippen LogP contribution in [-0.4, -0.2) is 31.4 Å². The van der Waals surface area contributed by atoms with Gasteiger partial charge in [0.15, 0.2) is 5.78 Å². The van der Waals surface area contributed by atoms with Gasteiger partial charge >= 0.3 is 5.97 Å². The number of esters is 1. The molecule has 6 heteroatoms. The monoisotopic (exact) mass is 481 g/mol. The van der Waals surface area contributed by atoms with Gasteiger partial charge in [0.25, 0.3) is 0 Å². The summed E-state index contributed by atoms with van der Waals surface area (Å²) < 4.78 is 10.5. The Balaban J connectivity index is 1.63. The highest BCUT2D eigenvalue weighted by Crippen LogP contribution is 2.16. The van der Waals surface area contributed by atoms with Gasteiger partial charge in [-0.15, -0.1) is 0 Å². The summed E-state index contributed by atoms with van der Waals surface area (Å²) in [7, 11) is 1.52. The van der Waals surface area contributed by atoms with E-state index in [4.69, 9.17) is 9.47 Å². The van der Waals surface area contributed by atoms with Gasteiger partial charge in [-0.25, -0.2) is 4.79 Å². The van der Waals surface area contributed by atoms with Gasteiger partial charge in [0, 0.05) is 11.3 Å². The molecule has 0 aliphatic heterocycles. The van der Waals surface area contributed by atoms with Crippen LogP contribution in [0, 0.1) is 0 Å². The topological polar surface area (TPSA) is 81.7 Å². The van der Waals surface area contributed by atoms with E-state index < -0.39 is 5.91 Å². The molecule has 0 bridgehead atoms. The summed E-state index contributed by atoms with van der Waals surface area (Å²) in [5, 5.41) is 2.68. The van der Waals surface area contributed by atoms with Gasteiger partial charge in [-0.3, -0.25) is 9.59 Å². The third-order valence-corrected chi connectivity index (χ3v) is 5.85. The second-order valence-electron chi connectivity index (χ2n) is 8.78. The average molecular weight is 482 g/mol. The number of unbranched alkanes of at least 4 members (excludes halogenated alkanes) is 9. The number of benzene rings is 2. The van der Waals surface area contributed by atoms with Crippen LogP contribution < -0.4 is 10.1 Å². The number of ether oxygens (including phenoxy) is 2. The normalized spacial score (nSPS) is 10.6. The van der Waals surface area contributed by atoms with Gasteiger partial charge < -0.3 is 14.8 Å². The van der Waals surface area contributed by atoms with Crippen molar-refractivity contribution in [1.29, 1.82) is 0 Å². The van der Waals surface area contributed by atoms with E-state index >= 15 is 0 Å². The fraction of sp³-hybridized carbons (Fsp3) is 0.483. The molecule has 0 saturated carbocycles. The van der Waals surface area contributed by atoms with Crippen LogP contribution in [0.25, 0.3) is 0 Å². The van der Waals surface area contributed by atoms with Gasteiger partial charge in [-0.2, -0.15) is 0 Å². The maximum absolute atomic E-state index is 12.3. The summed E-state index contributed by atoms with van der Waals surface area (Å²) in [6.07, 6.45) is 12.0. The zero-order chi connectivity index (χ0) is 25.3. The quantitative estimate of drug-likeness (QED) is 0.114. The highest BCUT2D eigenvalue weighted by Gasteiger charge is 2.13.